The normalized spacial score (nSPS) is 11.3. The van der Waals surface area contributed by atoms with E-state index >= 15 is 0 Å². The van der Waals surface area contributed by atoms with Crippen molar-refractivity contribution >= 4 is 39.2 Å². The molecule has 0 saturated carbocycles. The fourth-order valence-electron chi connectivity index (χ4n) is 1.63. The van der Waals surface area contributed by atoms with Gasteiger partial charge in [-0.2, -0.15) is 0 Å². The monoisotopic (exact) mass is 294 g/mol. The number of aromatic carboxylic acids is 1. The topological polar surface area (TPSA) is 88.5 Å². The Morgan fingerprint density at radius 3 is 2.70 bits per heavy atom. The van der Waals surface area contributed by atoms with Crippen LogP contribution >= 0.6 is 11.3 Å². The second-order valence-corrected chi connectivity index (χ2v) is 6.16. The van der Waals surface area contributed by atoms with Crippen molar-refractivity contribution in [3.05, 3.63) is 23.3 Å². The number of carbonyl (C=O) groups excluding carboxylic acids is 1. The molecule has 0 aliphatic carbocycles. The van der Waals surface area contributed by atoms with Crippen molar-refractivity contribution in [1.29, 1.82) is 0 Å². The van der Waals surface area contributed by atoms with Gasteiger partial charge in [-0.05, 0) is 26.8 Å². The van der Waals surface area contributed by atoms with Gasteiger partial charge in [-0.3, -0.25) is 10.3 Å². The number of nitrogens with one attached hydrogen (secondary N) is 1. The van der Waals surface area contributed by atoms with Crippen molar-refractivity contribution in [2.45, 2.75) is 26.4 Å². The first-order valence-corrected chi connectivity index (χ1v) is 6.69. The van der Waals surface area contributed by atoms with Gasteiger partial charge in [0.1, 0.15) is 10.5 Å². The van der Waals surface area contributed by atoms with Crippen LogP contribution in [0.25, 0.3) is 10.1 Å². The molecule has 0 radical (unpaired) electrons. The van der Waals surface area contributed by atoms with E-state index in [1.807, 2.05) is 0 Å². The zero-order valence-corrected chi connectivity index (χ0v) is 12.1. The summed E-state index contributed by atoms with van der Waals surface area (Å²) in [4.78, 5) is 27.1. The summed E-state index contributed by atoms with van der Waals surface area (Å²) in [6, 6.07) is 1.66. The molecule has 0 unspecified atom stereocenters. The fourth-order valence-corrected chi connectivity index (χ4v) is 2.60. The van der Waals surface area contributed by atoms with Crippen molar-refractivity contribution in [3.63, 3.8) is 0 Å². The van der Waals surface area contributed by atoms with E-state index in [0.29, 0.717) is 10.1 Å². The minimum Gasteiger partial charge on any atom is -0.477 e. The van der Waals surface area contributed by atoms with Crippen LogP contribution in [0, 0.1) is 0 Å². The van der Waals surface area contributed by atoms with E-state index in [-0.39, 0.29) is 10.6 Å². The van der Waals surface area contributed by atoms with E-state index in [1.54, 1.807) is 39.2 Å². The Kier molecular flexibility index (Phi) is 3.63. The van der Waals surface area contributed by atoms with Crippen LogP contribution in [-0.2, 0) is 4.74 Å². The molecular formula is C13H14N2O4S. The number of nitrogens with zero attached hydrogens (tertiary/aromatic N) is 1. The predicted molar refractivity (Wildman–Crippen MR) is 76.4 cm³/mol. The summed E-state index contributed by atoms with van der Waals surface area (Å²) in [5.41, 5.74) is -0.407. The molecule has 0 aromatic carbocycles. The number of hydrogen-bond acceptors (Lipinski definition) is 5. The smallest absolute Gasteiger partial charge is 0.412 e. The molecule has 2 rings (SSSR count). The minimum absolute atomic E-state index is 0.0545. The Balaban J connectivity index is 2.39. The van der Waals surface area contributed by atoms with E-state index in [1.165, 1.54) is 0 Å². The van der Waals surface area contributed by atoms with Gasteiger partial charge < -0.3 is 9.84 Å². The van der Waals surface area contributed by atoms with Gasteiger partial charge in [0, 0.05) is 17.8 Å². The predicted octanol–water partition coefficient (Wildman–Crippen LogP) is 3.34. The lowest BCUT2D eigenvalue weighted by molar-refractivity contribution is 0.0636. The van der Waals surface area contributed by atoms with Crippen LogP contribution in [0.4, 0.5) is 10.5 Å². The lowest BCUT2D eigenvalue weighted by Crippen LogP contribution is -2.27. The summed E-state index contributed by atoms with van der Waals surface area (Å²) in [6.07, 6.45) is 2.42. The number of thiophene rings is 1. The lowest BCUT2D eigenvalue weighted by atomic mass is 10.2. The number of hydrogen-bond donors (Lipinski definition) is 2. The first kappa shape index (κ1) is 14.3. The van der Waals surface area contributed by atoms with Crippen molar-refractivity contribution in [2.75, 3.05) is 5.32 Å². The molecule has 106 valence electrons. The molecule has 7 heteroatoms. The highest BCUT2D eigenvalue weighted by molar-refractivity contribution is 7.21. The number of amides is 1. The van der Waals surface area contributed by atoms with Crippen molar-refractivity contribution in [2.24, 2.45) is 0 Å². The lowest BCUT2D eigenvalue weighted by Gasteiger charge is -2.19. The first-order chi connectivity index (χ1) is 9.28. The number of carbonyl (C=O) groups is 2. The van der Waals surface area contributed by atoms with Gasteiger partial charge >= 0.3 is 12.1 Å². The third-order valence-electron chi connectivity index (χ3n) is 2.31. The summed E-state index contributed by atoms with van der Waals surface area (Å²) in [6.45, 7) is 5.21. The summed E-state index contributed by atoms with van der Waals surface area (Å²) >= 11 is 1.06. The zero-order chi connectivity index (χ0) is 14.9. The van der Waals surface area contributed by atoms with Crippen molar-refractivity contribution < 1.29 is 19.4 Å². The molecule has 2 aromatic heterocycles. The maximum atomic E-state index is 11.8. The van der Waals surface area contributed by atoms with Crippen LogP contribution in [0.1, 0.15) is 30.4 Å². The van der Waals surface area contributed by atoms with Crippen LogP contribution in [-0.4, -0.2) is 27.8 Å². The second-order valence-electron chi connectivity index (χ2n) is 5.11. The van der Waals surface area contributed by atoms with Gasteiger partial charge in [0.25, 0.3) is 0 Å². The molecule has 0 fully saturated rings. The molecule has 0 atom stereocenters. The highest BCUT2D eigenvalue weighted by Gasteiger charge is 2.22. The molecule has 2 heterocycles. The van der Waals surface area contributed by atoms with E-state index in [9.17, 15) is 14.7 Å². The molecule has 0 spiro atoms. The SMILES string of the molecule is CC(C)(C)OC(=O)Nc1c(C(=O)O)sc2cnccc12. The molecule has 2 aromatic rings. The van der Waals surface area contributed by atoms with Crippen LogP contribution < -0.4 is 5.32 Å². The van der Waals surface area contributed by atoms with Gasteiger partial charge in [0.2, 0.25) is 0 Å². The Hall–Kier alpha value is -2.15. The van der Waals surface area contributed by atoms with E-state index in [2.05, 4.69) is 10.3 Å². The number of rotatable bonds is 2. The zero-order valence-electron chi connectivity index (χ0n) is 11.3. The molecule has 0 bridgehead atoms. The van der Waals surface area contributed by atoms with Gasteiger partial charge in [-0.1, -0.05) is 0 Å². The van der Waals surface area contributed by atoms with E-state index in [4.69, 9.17) is 4.74 Å². The Morgan fingerprint density at radius 1 is 1.40 bits per heavy atom. The molecule has 0 saturated heterocycles. The number of fused-ring (bicyclic) bond motifs is 1. The Labute approximate surface area is 119 Å². The number of aromatic nitrogens is 1. The summed E-state index contributed by atoms with van der Waals surface area (Å²) in [5, 5.41) is 12.4. The van der Waals surface area contributed by atoms with Crippen LogP contribution in [0.5, 0.6) is 0 Å². The summed E-state index contributed by atoms with van der Waals surface area (Å²) in [7, 11) is 0. The van der Waals surface area contributed by atoms with Crippen LogP contribution in [0.2, 0.25) is 0 Å². The second kappa shape index (κ2) is 5.09. The summed E-state index contributed by atoms with van der Waals surface area (Å²) < 4.78 is 5.83. The van der Waals surface area contributed by atoms with Crippen LogP contribution in [0.15, 0.2) is 18.5 Å². The van der Waals surface area contributed by atoms with E-state index in [0.717, 1.165) is 11.3 Å². The van der Waals surface area contributed by atoms with Gasteiger partial charge in [0.05, 0.1) is 10.4 Å². The number of ether oxygens (including phenoxy) is 1. The minimum atomic E-state index is -1.10. The van der Waals surface area contributed by atoms with Crippen LogP contribution in [0.3, 0.4) is 0 Å². The first-order valence-electron chi connectivity index (χ1n) is 5.88. The standard InChI is InChI=1S/C13H14N2O4S/c1-13(2,3)19-12(18)15-9-7-4-5-14-6-8(7)20-10(9)11(16)17/h4-6H,1-3H3,(H,15,18)(H,16,17). The molecule has 2 N–H and O–H groups in total. The quantitative estimate of drug-likeness (QED) is 0.886. The van der Waals surface area contributed by atoms with Crippen molar-refractivity contribution in [3.8, 4) is 0 Å². The number of pyridine rings is 1. The molecular weight excluding hydrogens is 280 g/mol. The van der Waals surface area contributed by atoms with Gasteiger partial charge in [0.15, 0.2) is 0 Å². The Bertz CT molecular complexity index is 673. The molecule has 0 aliphatic heterocycles. The summed E-state index contributed by atoms with van der Waals surface area (Å²) in [5.74, 6) is -1.10. The highest BCUT2D eigenvalue weighted by Crippen LogP contribution is 2.35. The number of carboxylic acid groups (broad SMARTS) is 1. The highest BCUT2D eigenvalue weighted by atomic mass is 32.1. The number of carboxylic acids is 1. The largest absolute Gasteiger partial charge is 0.477 e. The third-order valence-corrected chi connectivity index (χ3v) is 3.44. The maximum Gasteiger partial charge on any atom is 0.412 e. The molecule has 6 nitrogen and oxygen atoms in total. The molecule has 0 aliphatic rings. The van der Waals surface area contributed by atoms with Crippen molar-refractivity contribution in [1.82, 2.24) is 4.98 Å². The average Bonchev–Trinajstić information content (AvgIpc) is 2.66. The fraction of sp³-hybridized carbons (Fsp3) is 0.308. The molecule has 1 amide bonds. The third kappa shape index (κ3) is 3.05. The van der Waals surface area contributed by atoms with E-state index < -0.39 is 17.7 Å². The maximum absolute atomic E-state index is 11.8. The Morgan fingerprint density at radius 2 is 2.10 bits per heavy atom. The molecule has 20 heavy (non-hydrogen) atoms. The average molecular weight is 294 g/mol. The van der Waals surface area contributed by atoms with Gasteiger partial charge in [-0.25, -0.2) is 9.59 Å². The van der Waals surface area contributed by atoms with Gasteiger partial charge in [-0.15, -0.1) is 11.3 Å². The number of anilines is 1.